The molecule has 0 aromatic carbocycles. The van der Waals surface area contributed by atoms with E-state index in [0.717, 1.165) is 56.1 Å². The van der Waals surface area contributed by atoms with E-state index in [-0.39, 0.29) is 29.3 Å². The van der Waals surface area contributed by atoms with Crippen molar-refractivity contribution >= 4 is 23.4 Å². The van der Waals surface area contributed by atoms with Gasteiger partial charge in [0.15, 0.2) is 0 Å². The topological polar surface area (TPSA) is 113 Å². The Morgan fingerprint density at radius 1 is 1.11 bits per heavy atom. The van der Waals surface area contributed by atoms with E-state index in [0.29, 0.717) is 18.7 Å². The number of pyridine rings is 1. The molecule has 6 rings (SSSR count). The number of hydrogen-bond donors (Lipinski definition) is 0. The van der Waals surface area contributed by atoms with Crippen molar-refractivity contribution in [3.63, 3.8) is 0 Å². The maximum Gasteiger partial charge on any atom is 0.243 e. The van der Waals surface area contributed by atoms with Crippen molar-refractivity contribution in [1.29, 1.82) is 10.5 Å². The summed E-state index contributed by atoms with van der Waals surface area (Å²) in [5.74, 6) is 2.70. The molecule has 9 heteroatoms. The molecule has 1 spiro atoms. The van der Waals surface area contributed by atoms with Crippen LogP contribution in [0.1, 0.15) is 64.0 Å². The maximum atomic E-state index is 13.6. The monoisotopic (exact) mass is 496 g/mol. The molecule has 1 saturated heterocycles. The van der Waals surface area contributed by atoms with Gasteiger partial charge in [0, 0.05) is 48.9 Å². The van der Waals surface area contributed by atoms with Crippen LogP contribution in [0.2, 0.25) is 0 Å². The van der Waals surface area contributed by atoms with Crippen LogP contribution in [0.15, 0.2) is 24.7 Å². The second-order valence-corrected chi connectivity index (χ2v) is 11.5. The molecule has 2 aliphatic heterocycles. The molecule has 2 aromatic rings. The molecule has 2 aliphatic carbocycles. The first-order valence-corrected chi connectivity index (χ1v) is 13.3. The largest absolute Gasteiger partial charge is 0.350 e. The number of fused-ring (bicyclic) bond motifs is 2. The Morgan fingerprint density at radius 3 is 2.51 bits per heavy atom. The molecule has 3 atom stereocenters. The smallest absolute Gasteiger partial charge is 0.243 e. The molecule has 1 amide bonds. The van der Waals surface area contributed by atoms with E-state index in [1.807, 2.05) is 17.9 Å². The third kappa shape index (κ3) is 3.55. The van der Waals surface area contributed by atoms with E-state index in [1.54, 1.807) is 18.6 Å². The lowest BCUT2D eigenvalue weighted by atomic mass is 9.66. The molecule has 4 heterocycles. The minimum atomic E-state index is -0.937. The van der Waals surface area contributed by atoms with Crippen molar-refractivity contribution in [1.82, 2.24) is 19.9 Å². The predicted octanol–water partition coefficient (Wildman–Crippen LogP) is 3.68. The molecule has 190 valence electrons. The van der Waals surface area contributed by atoms with Crippen molar-refractivity contribution in [3.05, 3.63) is 35.8 Å². The fourth-order valence-electron chi connectivity index (χ4n) is 6.53. The van der Waals surface area contributed by atoms with Crippen LogP contribution in [0.25, 0.3) is 0 Å². The predicted molar refractivity (Wildman–Crippen MR) is 138 cm³/mol. The molecule has 0 N–H and O–H groups in total. The fraction of sp³-hybridized carbons (Fsp3) is 0.571. The number of piperazine rings is 1. The van der Waals surface area contributed by atoms with Crippen LogP contribution in [0.4, 0.5) is 17.5 Å². The Morgan fingerprint density at radius 2 is 1.86 bits per heavy atom. The van der Waals surface area contributed by atoms with Crippen molar-refractivity contribution in [2.75, 3.05) is 29.4 Å². The number of carbonyl (C=O) groups is 1. The highest BCUT2D eigenvalue weighted by atomic mass is 16.2. The highest BCUT2D eigenvalue weighted by Crippen LogP contribution is 2.56. The van der Waals surface area contributed by atoms with Gasteiger partial charge < -0.3 is 14.7 Å². The third-order valence-corrected chi connectivity index (χ3v) is 9.11. The maximum absolute atomic E-state index is 13.6. The average molecular weight is 497 g/mol. The van der Waals surface area contributed by atoms with Crippen LogP contribution < -0.4 is 9.80 Å². The highest BCUT2D eigenvalue weighted by molar-refractivity contribution is 5.86. The van der Waals surface area contributed by atoms with Gasteiger partial charge in [0.25, 0.3) is 0 Å². The summed E-state index contributed by atoms with van der Waals surface area (Å²) in [4.78, 5) is 34.1. The summed E-state index contributed by atoms with van der Waals surface area (Å²) in [6.07, 6.45) is 8.52. The number of nitriles is 2. The zero-order valence-corrected chi connectivity index (χ0v) is 21.7. The zero-order chi connectivity index (χ0) is 25.9. The number of hydrogen-bond acceptors (Lipinski definition) is 8. The lowest BCUT2D eigenvalue weighted by Gasteiger charge is -2.48. The first-order chi connectivity index (χ1) is 17.8. The summed E-state index contributed by atoms with van der Waals surface area (Å²) in [7, 11) is 0. The lowest BCUT2D eigenvalue weighted by molar-refractivity contribution is -0.142. The molecule has 3 fully saturated rings. The third-order valence-electron chi connectivity index (χ3n) is 9.11. The normalized spacial score (nSPS) is 25.6. The fourth-order valence-corrected chi connectivity index (χ4v) is 6.53. The number of amides is 1. The van der Waals surface area contributed by atoms with Gasteiger partial charge >= 0.3 is 0 Å². The van der Waals surface area contributed by atoms with E-state index < -0.39 is 5.41 Å². The van der Waals surface area contributed by atoms with Gasteiger partial charge in [-0.15, -0.1) is 0 Å². The second kappa shape index (κ2) is 8.41. The van der Waals surface area contributed by atoms with Crippen molar-refractivity contribution < 1.29 is 4.79 Å². The summed E-state index contributed by atoms with van der Waals surface area (Å²) in [5.41, 5.74) is 0.781. The van der Waals surface area contributed by atoms with Crippen LogP contribution >= 0.6 is 0 Å². The number of rotatable bonds is 4. The van der Waals surface area contributed by atoms with Crippen molar-refractivity contribution in [2.45, 2.75) is 70.4 Å². The minimum Gasteiger partial charge on any atom is -0.350 e. The van der Waals surface area contributed by atoms with Crippen LogP contribution in [0.5, 0.6) is 0 Å². The first-order valence-electron chi connectivity index (χ1n) is 13.3. The molecule has 37 heavy (non-hydrogen) atoms. The average Bonchev–Trinajstić information content (AvgIpc) is 3.69. The molecule has 9 nitrogen and oxygen atoms in total. The molecular weight excluding hydrogens is 464 g/mol. The number of aromatic nitrogens is 3. The van der Waals surface area contributed by atoms with Gasteiger partial charge in [-0.05, 0) is 64.5 Å². The summed E-state index contributed by atoms with van der Waals surface area (Å²) in [5, 5.41) is 19.3. The standard InChI is InChI=1S/C28H32N8O/c1-18-14-35(26(37)27(3,15-30)21-5-6-21)19(2)13-34(18)24-23-25(33-17-32-24)36(16-28(23)8-4-9-28)22-11-20(12-29)7-10-31-22/h7,10-11,17-19,21H,4-6,8-9,13-14,16H2,1-3H3/t18-,19+,27?/m0/s1. The van der Waals surface area contributed by atoms with Crippen molar-refractivity contribution in [3.8, 4) is 12.1 Å². The van der Waals surface area contributed by atoms with E-state index in [1.165, 1.54) is 5.56 Å². The van der Waals surface area contributed by atoms with Crippen LogP contribution in [0.3, 0.4) is 0 Å². The lowest BCUT2D eigenvalue weighted by Crippen LogP contribution is -2.61. The molecule has 0 radical (unpaired) electrons. The minimum absolute atomic E-state index is 0.0302. The van der Waals surface area contributed by atoms with E-state index >= 15 is 0 Å². The molecule has 1 unspecified atom stereocenters. The molecule has 0 bridgehead atoms. The Hall–Kier alpha value is -3.72. The van der Waals surface area contributed by atoms with E-state index in [9.17, 15) is 15.3 Å². The first kappa shape index (κ1) is 23.7. The van der Waals surface area contributed by atoms with Gasteiger partial charge in [0.2, 0.25) is 5.91 Å². The van der Waals surface area contributed by atoms with E-state index in [4.69, 9.17) is 9.97 Å². The summed E-state index contributed by atoms with van der Waals surface area (Å²) in [6.45, 7) is 8.02. The number of anilines is 3. The quantitative estimate of drug-likeness (QED) is 0.630. The number of carbonyl (C=O) groups excluding carboxylic acids is 1. The highest BCUT2D eigenvalue weighted by Gasteiger charge is 2.53. The summed E-state index contributed by atoms with van der Waals surface area (Å²) < 4.78 is 0. The Balaban J connectivity index is 1.34. The van der Waals surface area contributed by atoms with Gasteiger partial charge in [0.1, 0.15) is 29.2 Å². The summed E-state index contributed by atoms with van der Waals surface area (Å²) in [6, 6.07) is 8.12. The Bertz CT molecular complexity index is 1340. The second-order valence-electron chi connectivity index (χ2n) is 11.5. The molecule has 2 saturated carbocycles. The molecular formula is C28H32N8O. The van der Waals surface area contributed by atoms with Gasteiger partial charge in [-0.3, -0.25) is 4.79 Å². The zero-order valence-electron chi connectivity index (χ0n) is 21.7. The van der Waals surface area contributed by atoms with E-state index in [2.05, 4.69) is 40.8 Å². The molecule has 2 aromatic heterocycles. The van der Waals surface area contributed by atoms with Crippen LogP contribution in [-0.2, 0) is 10.2 Å². The Labute approximate surface area is 217 Å². The number of nitrogens with zero attached hydrogens (tertiary/aromatic N) is 8. The Kier molecular flexibility index (Phi) is 5.38. The van der Waals surface area contributed by atoms with Gasteiger partial charge in [-0.1, -0.05) is 6.42 Å². The van der Waals surface area contributed by atoms with Crippen LogP contribution in [-0.4, -0.2) is 57.5 Å². The van der Waals surface area contributed by atoms with Gasteiger partial charge in [-0.2, -0.15) is 10.5 Å². The van der Waals surface area contributed by atoms with Crippen LogP contribution in [0, 0.1) is 34.0 Å². The summed E-state index contributed by atoms with van der Waals surface area (Å²) >= 11 is 0. The van der Waals surface area contributed by atoms with Gasteiger partial charge in [0.05, 0.1) is 17.7 Å². The van der Waals surface area contributed by atoms with Crippen molar-refractivity contribution in [2.24, 2.45) is 11.3 Å². The SMILES string of the molecule is C[C@@H]1CN(c2ncnc3c2C2(CCC2)CN3c2cc(C#N)ccn2)[C@@H](C)CN1C(=O)C(C)(C#N)C1CC1. The van der Waals surface area contributed by atoms with Gasteiger partial charge in [-0.25, -0.2) is 15.0 Å². The molecule has 4 aliphatic rings.